The van der Waals surface area contributed by atoms with E-state index in [1.165, 1.54) is 85.2 Å². The molecule has 0 bridgehead atoms. The summed E-state index contributed by atoms with van der Waals surface area (Å²) in [5, 5.41) is 0. The van der Waals surface area contributed by atoms with Crippen LogP contribution >= 0.6 is 0 Å². The molecule has 0 amide bonds. The molecule has 0 radical (unpaired) electrons. The molecule has 48 heavy (non-hydrogen) atoms. The van der Waals surface area contributed by atoms with E-state index in [2.05, 4.69) is 161 Å². The zero-order chi connectivity index (χ0) is 34.6. The molecule has 4 aromatic carbocycles. The fraction of sp³-hybridized carbons (Fsp3) is 0.417. The molecule has 0 saturated carbocycles. The Kier molecular flexibility index (Phi) is 9.04. The molecule has 0 aromatic heterocycles. The average Bonchev–Trinajstić information content (AvgIpc) is 3.58. The second kappa shape index (κ2) is 12.7. The van der Waals surface area contributed by atoms with E-state index >= 15 is 0 Å². The van der Waals surface area contributed by atoms with Crippen molar-refractivity contribution in [2.24, 2.45) is 5.92 Å². The van der Waals surface area contributed by atoms with Crippen LogP contribution in [0.5, 0.6) is 0 Å². The van der Waals surface area contributed by atoms with E-state index in [9.17, 15) is 0 Å². The van der Waals surface area contributed by atoms with Crippen molar-refractivity contribution in [1.29, 1.82) is 0 Å². The van der Waals surface area contributed by atoms with Gasteiger partial charge in [-0.2, -0.15) is 0 Å². The number of allylic oxidation sites excluding steroid dienone is 4. The Bertz CT molecular complexity index is 1870. The molecule has 6 rings (SSSR count). The van der Waals surface area contributed by atoms with E-state index in [1.54, 1.807) is 5.56 Å². The highest BCUT2D eigenvalue weighted by molar-refractivity contribution is 6.00. The molecule has 0 saturated heterocycles. The van der Waals surface area contributed by atoms with Gasteiger partial charge in [-0.25, -0.2) is 0 Å². The normalized spacial score (nSPS) is 16.1. The van der Waals surface area contributed by atoms with E-state index in [0.717, 1.165) is 19.3 Å². The summed E-state index contributed by atoms with van der Waals surface area (Å²) in [5.41, 5.74) is 20.6. The van der Waals surface area contributed by atoms with Gasteiger partial charge in [-0.1, -0.05) is 173 Å². The third-order valence-electron chi connectivity index (χ3n) is 10.7. The summed E-state index contributed by atoms with van der Waals surface area (Å²) in [6.07, 6.45) is 10.7. The van der Waals surface area contributed by atoms with Crippen LogP contribution in [0.3, 0.4) is 0 Å². The Hall–Kier alpha value is -3.64. The lowest BCUT2D eigenvalue weighted by Gasteiger charge is -2.33. The van der Waals surface area contributed by atoms with Gasteiger partial charge in [0.25, 0.3) is 0 Å². The Morgan fingerprint density at radius 1 is 0.688 bits per heavy atom. The Morgan fingerprint density at radius 3 is 1.94 bits per heavy atom. The van der Waals surface area contributed by atoms with Gasteiger partial charge in [0.2, 0.25) is 0 Å². The molecule has 0 fully saturated rings. The van der Waals surface area contributed by atoms with Crippen molar-refractivity contribution >= 4 is 5.57 Å². The monoisotopic (exact) mass is 634 g/mol. The van der Waals surface area contributed by atoms with E-state index in [4.69, 9.17) is 0 Å². The van der Waals surface area contributed by atoms with Gasteiger partial charge in [0.05, 0.1) is 0 Å². The van der Waals surface area contributed by atoms with Crippen LogP contribution in [0.1, 0.15) is 140 Å². The van der Waals surface area contributed by atoms with Crippen LogP contribution < -0.4 is 0 Å². The molecule has 250 valence electrons. The third kappa shape index (κ3) is 6.53. The predicted molar refractivity (Wildman–Crippen MR) is 210 cm³/mol. The van der Waals surface area contributed by atoms with Crippen LogP contribution in [-0.2, 0) is 29.1 Å². The second-order valence-electron chi connectivity index (χ2n) is 17.7. The van der Waals surface area contributed by atoms with E-state index in [0.29, 0.717) is 5.92 Å². The predicted octanol–water partition coefficient (Wildman–Crippen LogP) is 13.6. The zero-order valence-electron chi connectivity index (χ0n) is 31.7. The van der Waals surface area contributed by atoms with Crippen molar-refractivity contribution in [2.45, 2.75) is 125 Å². The number of fused-ring (bicyclic) bond motifs is 3. The first-order valence-electron chi connectivity index (χ1n) is 18.5. The molecule has 0 heterocycles. The second-order valence-corrected chi connectivity index (χ2v) is 17.7. The lowest BCUT2D eigenvalue weighted by Crippen LogP contribution is -2.21. The SMILES string of the molecule is CCCCC1=CC(C)C(c2c(-c3ccccc3)c3c(c(Cc4ccc(C(C)(C)C)cc4)c2C(C)(C)C)Cc2cc(C(C)(C)C)ccc2-3)=C1. The molecule has 0 spiro atoms. The average molecular weight is 635 g/mol. The summed E-state index contributed by atoms with van der Waals surface area (Å²) >= 11 is 0. The molecule has 1 unspecified atom stereocenters. The minimum atomic E-state index is -0.0490. The van der Waals surface area contributed by atoms with E-state index < -0.39 is 0 Å². The maximum atomic E-state index is 2.57. The van der Waals surface area contributed by atoms with Crippen molar-refractivity contribution in [3.8, 4) is 22.3 Å². The Morgan fingerprint density at radius 2 is 1.33 bits per heavy atom. The highest BCUT2D eigenvalue weighted by Gasteiger charge is 2.37. The third-order valence-corrected chi connectivity index (χ3v) is 10.7. The summed E-state index contributed by atoms with van der Waals surface area (Å²) in [5.74, 6) is 0.376. The van der Waals surface area contributed by atoms with Gasteiger partial charge in [-0.3, -0.25) is 0 Å². The van der Waals surface area contributed by atoms with Gasteiger partial charge >= 0.3 is 0 Å². The van der Waals surface area contributed by atoms with Gasteiger partial charge in [-0.15, -0.1) is 0 Å². The lowest BCUT2D eigenvalue weighted by molar-refractivity contribution is 0.581. The molecule has 0 heteroatoms. The topological polar surface area (TPSA) is 0 Å². The summed E-state index contributed by atoms with van der Waals surface area (Å²) in [6.45, 7) is 26.0. The van der Waals surface area contributed by atoms with E-state index in [-0.39, 0.29) is 16.2 Å². The minimum Gasteiger partial charge on any atom is -0.0740 e. The van der Waals surface area contributed by atoms with E-state index in [1.807, 2.05) is 0 Å². The summed E-state index contributed by atoms with van der Waals surface area (Å²) in [7, 11) is 0. The highest BCUT2D eigenvalue weighted by atomic mass is 14.4. The Labute approximate surface area is 292 Å². The molecular formula is C48H58. The molecule has 0 aliphatic heterocycles. The van der Waals surface area contributed by atoms with Gasteiger partial charge in [0, 0.05) is 5.92 Å². The smallest absolute Gasteiger partial charge is 0.000175 e. The van der Waals surface area contributed by atoms with Crippen LogP contribution in [0, 0.1) is 5.92 Å². The van der Waals surface area contributed by atoms with Crippen LogP contribution in [0.4, 0.5) is 0 Å². The minimum absolute atomic E-state index is 0.0490. The number of unbranched alkanes of at least 4 members (excludes halogenated alkanes) is 1. The molecule has 0 nitrogen and oxygen atoms in total. The van der Waals surface area contributed by atoms with Crippen molar-refractivity contribution < 1.29 is 0 Å². The first-order valence-corrected chi connectivity index (χ1v) is 18.5. The standard InChI is InChI=1S/C48H58/c1-12-13-17-33-26-31(2)39(28-33)44-42(34-18-15-14-16-19-34)43-38-25-24-37(47(6,7)8)29-35(38)30-40(43)41(45(44)48(9,10)11)27-32-20-22-36(23-21-32)46(3,4)5/h14-16,18-26,28-29,31H,12-13,17,27,30H2,1-11H3. The van der Waals surface area contributed by atoms with Crippen molar-refractivity contribution in [2.75, 3.05) is 0 Å². The molecule has 0 N–H and O–H groups in total. The Balaban J connectivity index is 1.70. The summed E-state index contributed by atoms with van der Waals surface area (Å²) in [4.78, 5) is 0. The largest absolute Gasteiger partial charge is 0.0740 e. The quantitative estimate of drug-likeness (QED) is 0.167. The van der Waals surface area contributed by atoms with Crippen LogP contribution in [0.2, 0.25) is 0 Å². The fourth-order valence-corrected chi connectivity index (χ4v) is 8.14. The zero-order valence-corrected chi connectivity index (χ0v) is 31.7. The van der Waals surface area contributed by atoms with Gasteiger partial charge in [0.15, 0.2) is 0 Å². The maximum absolute atomic E-state index is 2.57. The summed E-state index contributed by atoms with van der Waals surface area (Å²) in [6, 6.07) is 28.2. The molecule has 1 atom stereocenters. The number of hydrogen-bond acceptors (Lipinski definition) is 0. The van der Waals surface area contributed by atoms with Gasteiger partial charge < -0.3 is 0 Å². The van der Waals surface area contributed by atoms with Crippen LogP contribution in [0.25, 0.3) is 27.8 Å². The van der Waals surface area contributed by atoms with Crippen molar-refractivity contribution in [3.05, 3.63) is 135 Å². The van der Waals surface area contributed by atoms with Gasteiger partial charge in [-0.05, 0) is 114 Å². The van der Waals surface area contributed by atoms with Crippen LogP contribution in [0.15, 0.2) is 90.5 Å². The fourth-order valence-electron chi connectivity index (χ4n) is 8.14. The summed E-state index contributed by atoms with van der Waals surface area (Å²) < 4.78 is 0. The number of rotatable bonds is 7. The van der Waals surface area contributed by atoms with Gasteiger partial charge in [0.1, 0.15) is 0 Å². The molecule has 2 aliphatic carbocycles. The molecule has 4 aromatic rings. The van der Waals surface area contributed by atoms with Crippen molar-refractivity contribution in [1.82, 2.24) is 0 Å². The van der Waals surface area contributed by atoms with Crippen LogP contribution in [-0.4, -0.2) is 0 Å². The molecular weight excluding hydrogens is 577 g/mol. The lowest BCUT2D eigenvalue weighted by atomic mass is 9.70. The molecule has 2 aliphatic rings. The number of benzene rings is 4. The van der Waals surface area contributed by atoms with Crippen molar-refractivity contribution in [3.63, 3.8) is 0 Å². The highest BCUT2D eigenvalue weighted by Crippen LogP contribution is 2.54. The first kappa shape index (κ1) is 34.2. The number of hydrogen-bond donors (Lipinski definition) is 0. The first-order chi connectivity index (χ1) is 22.6. The maximum Gasteiger partial charge on any atom is 0.000175 e.